The van der Waals surface area contributed by atoms with Crippen molar-refractivity contribution in [3.63, 3.8) is 0 Å². The summed E-state index contributed by atoms with van der Waals surface area (Å²) in [5.74, 6) is 0.511. The van der Waals surface area contributed by atoms with E-state index in [9.17, 15) is 9.59 Å². The van der Waals surface area contributed by atoms with Gasteiger partial charge in [0.15, 0.2) is 0 Å². The molecule has 2 aromatic carbocycles. The number of ether oxygens (including phenoxy) is 2. The van der Waals surface area contributed by atoms with Gasteiger partial charge in [-0.25, -0.2) is 9.78 Å². The van der Waals surface area contributed by atoms with E-state index in [-0.39, 0.29) is 5.91 Å². The summed E-state index contributed by atoms with van der Waals surface area (Å²) in [5.41, 5.74) is 2.03. The molecule has 1 heterocycles. The predicted molar refractivity (Wildman–Crippen MR) is 111 cm³/mol. The molecule has 3 aromatic rings. The molecule has 1 aromatic heterocycles. The Labute approximate surface area is 168 Å². The third-order valence-electron chi connectivity index (χ3n) is 4.02. The lowest BCUT2D eigenvalue weighted by Crippen LogP contribution is -2.13. The number of methoxy groups -OCH3 is 1. The third kappa shape index (κ3) is 5.10. The molecule has 7 heteroatoms. The number of hydrogen-bond acceptors (Lipinski definition) is 6. The Kier molecular flexibility index (Phi) is 6.42. The fourth-order valence-corrected chi connectivity index (χ4v) is 2.64. The zero-order valence-corrected chi connectivity index (χ0v) is 16.1. The van der Waals surface area contributed by atoms with E-state index in [4.69, 9.17) is 4.74 Å². The van der Waals surface area contributed by atoms with Crippen molar-refractivity contribution in [1.82, 2.24) is 4.98 Å². The maximum absolute atomic E-state index is 12.5. The Hall–Kier alpha value is -3.87. The van der Waals surface area contributed by atoms with Crippen LogP contribution in [0.3, 0.4) is 0 Å². The van der Waals surface area contributed by atoms with Crippen LogP contribution in [0.5, 0.6) is 5.75 Å². The number of benzene rings is 2. The van der Waals surface area contributed by atoms with Gasteiger partial charge in [0.05, 0.1) is 30.5 Å². The quantitative estimate of drug-likeness (QED) is 0.585. The van der Waals surface area contributed by atoms with Crippen LogP contribution in [0.2, 0.25) is 0 Å². The first kappa shape index (κ1) is 19.9. The second kappa shape index (κ2) is 9.36. The number of carbonyl (C=O) groups is 2. The van der Waals surface area contributed by atoms with E-state index in [0.29, 0.717) is 29.2 Å². The molecule has 0 unspecified atom stereocenters. The van der Waals surface area contributed by atoms with E-state index >= 15 is 0 Å². The third-order valence-corrected chi connectivity index (χ3v) is 4.02. The Morgan fingerprint density at radius 1 is 1.00 bits per heavy atom. The highest BCUT2D eigenvalue weighted by Gasteiger charge is 2.10. The second-order valence-corrected chi connectivity index (χ2v) is 6.01. The van der Waals surface area contributed by atoms with Gasteiger partial charge in [-0.15, -0.1) is 0 Å². The SMILES string of the molecule is CCOc1ccccc1Nc1ccc(C(=O)Nc2cccc(C(=O)OC)c2)cn1. The van der Waals surface area contributed by atoms with Gasteiger partial charge in [-0.1, -0.05) is 18.2 Å². The lowest BCUT2D eigenvalue weighted by atomic mass is 10.2. The normalized spacial score (nSPS) is 10.1. The largest absolute Gasteiger partial charge is 0.492 e. The first-order valence-electron chi connectivity index (χ1n) is 9.05. The van der Waals surface area contributed by atoms with Gasteiger partial charge in [0.1, 0.15) is 11.6 Å². The van der Waals surface area contributed by atoms with E-state index < -0.39 is 5.97 Å². The number of para-hydroxylation sites is 2. The van der Waals surface area contributed by atoms with Crippen molar-refractivity contribution in [3.05, 3.63) is 78.0 Å². The summed E-state index contributed by atoms with van der Waals surface area (Å²) in [6.07, 6.45) is 1.48. The second-order valence-electron chi connectivity index (χ2n) is 6.01. The zero-order chi connectivity index (χ0) is 20.6. The maximum atomic E-state index is 12.5. The Morgan fingerprint density at radius 3 is 2.55 bits per heavy atom. The summed E-state index contributed by atoms with van der Waals surface area (Å²) in [7, 11) is 1.31. The van der Waals surface area contributed by atoms with E-state index in [1.807, 2.05) is 31.2 Å². The molecule has 0 fully saturated rings. The van der Waals surface area contributed by atoms with Crippen molar-refractivity contribution in [3.8, 4) is 5.75 Å². The van der Waals surface area contributed by atoms with Gasteiger partial charge in [-0.05, 0) is 49.4 Å². The molecule has 2 N–H and O–H groups in total. The molecular weight excluding hydrogens is 370 g/mol. The molecule has 0 bridgehead atoms. The summed E-state index contributed by atoms with van der Waals surface area (Å²) in [6, 6.07) is 17.5. The molecule has 1 amide bonds. The number of anilines is 3. The van der Waals surface area contributed by atoms with Crippen LogP contribution >= 0.6 is 0 Å². The predicted octanol–water partition coefficient (Wildman–Crippen LogP) is 4.26. The Balaban J connectivity index is 1.69. The Bertz CT molecular complexity index is 1000. The molecular formula is C22H21N3O4. The number of esters is 1. The number of pyridine rings is 1. The number of nitrogens with zero attached hydrogens (tertiary/aromatic N) is 1. The Morgan fingerprint density at radius 2 is 1.83 bits per heavy atom. The van der Waals surface area contributed by atoms with Crippen LogP contribution in [-0.4, -0.2) is 30.6 Å². The number of carbonyl (C=O) groups excluding carboxylic acids is 2. The molecule has 0 atom stereocenters. The minimum absolute atomic E-state index is 0.333. The first-order chi connectivity index (χ1) is 14.1. The molecule has 0 aliphatic rings. The standard InChI is InChI=1S/C22H21N3O4/c1-3-29-19-10-5-4-9-18(19)25-20-12-11-16(14-23-20)21(26)24-17-8-6-7-15(13-17)22(27)28-2/h4-14H,3H2,1-2H3,(H,23,25)(H,24,26). The van der Waals surface area contributed by atoms with Crippen LogP contribution in [0, 0.1) is 0 Å². The van der Waals surface area contributed by atoms with Crippen molar-refractivity contribution in [2.24, 2.45) is 0 Å². The van der Waals surface area contributed by atoms with Gasteiger partial charge < -0.3 is 20.1 Å². The average Bonchev–Trinajstić information content (AvgIpc) is 2.75. The van der Waals surface area contributed by atoms with Crippen LogP contribution < -0.4 is 15.4 Å². The van der Waals surface area contributed by atoms with Crippen molar-refractivity contribution in [2.75, 3.05) is 24.4 Å². The number of hydrogen-bond donors (Lipinski definition) is 2. The fourth-order valence-electron chi connectivity index (χ4n) is 2.64. The molecule has 0 saturated heterocycles. The fraction of sp³-hybridized carbons (Fsp3) is 0.136. The smallest absolute Gasteiger partial charge is 0.337 e. The van der Waals surface area contributed by atoms with Gasteiger partial charge in [-0.3, -0.25) is 4.79 Å². The molecule has 0 aliphatic heterocycles. The van der Waals surface area contributed by atoms with Crippen molar-refractivity contribution >= 4 is 29.1 Å². The van der Waals surface area contributed by atoms with Gasteiger partial charge in [0.2, 0.25) is 0 Å². The van der Waals surface area contributed by atoms with Gasteiger partial charge in [-0.2, -0.15) is 0 Å². The van der Waals surface area contributed by atoms with Crippen LogP contribution in [0.15, 0.2) is 66.9 Å². The minimum Gasteiger partial charge on any atom is -0.492 e. The van der Waals surface area contributed by atoms with E-state index in [1.54, 1.807) is 36.4 Å². The molecule has 0 radical (unpaired) electrons. The van der Waals surface area contributed by atoms with E-state index in [0.717, 1.165) is 11.4 Å². The van der Waals surface area contributed by atoms with Gasteiger partial charge in [0, 0.05) is 11.9 Å². The molecule has 29 heavy (non-hydrogen) atoms. The van der Waals surface area contributed by atoms with Gasteiger partial charge >= 0.3 is 5.97 Å². The molecule has 148 valence electrons. The monoisotopic (exact) mass is 391 g/mol. The average molecular weight is 391 g/mol. The summed E-state index contributed by atoms with van der Waals surface area (Å²) in [6.45, 7) is 2.48. The van der Waals surface area contributed by atoms with Gasteiger partial charge in [0.25, 0.3) is 5.91 Å². The summed E-state index contributed by atoms with van der Waals surface area (Å²) >= 11 is 0. The van der Waals surface area contributed by atoms with Crippen LogP contribution in [0.4, 0.5) is 17.2 Å². The molecule has 3 rings (SSSR count). The first-order valence-corrected chi connectivity index (χ1v) is 9.05. The topological polar surface area (TPSA) is 89.6 Å². The maximum Gasteiger partial charge on any atom is 0.337 e. The number of amides is 1. The van der Waals surface area contributed by atoms with Crippen LogP contribution in [-0.2, 0) is 4.74 Å². The molecule has 0 spiro atoms. The van der Waals surface area contributed by atoms with E-state index in [2.05, 4.69) is 20.4 Å². The summed E-state index contributed by atoms with van der Waals surface area (Å²) in [5, 5.41) is 5.93. The zero-order valence-electron chi connectivity index (χ0n) is 16.1. The molecule has 0 aliphatic carbocycles. The summed E-state index contributed by atoms with van der Waals surface area (Å²) < 4.78 is 10.3. The van der Waals surface area contributed by atoms with E-state index in [1.165, 1.54) is 13.3 Å². The highest BCUT2D eigenvalue weighted by atomic mass is 16.5. The number of rotatable bonds is 7. The van der Waals surface area contributed by atoms with Crippen LogP contribution in [0.25, 0.3) is 0 Å². The lowest BCUT2D eigenvalue weighted by Gasteiger charge is -2.12. The molecule has 7 nitrogen and oxygen atoms in total. The highest BCUT2D eigenvalue weighted by Crippen LogP contribution is 2.26. The van der Waals surface area contributed by atoms with Crippen LogP contribution in [0.1, 0.15) is 27.6 Å². The summed E-state index contributed by atoms with van der Waals surface area (Å²) in [4.78, 5) is 28.4. The highest BCUT2D eigenvalue weighted by molar-refractivity contribution is 6.04. The number of nitrogens with one attached hydrogen (secondary N) is 2. The lowest BCUT2D eigenvalue weighted by molar-refractivity contribution is 0.0600. The van der Waals surface area contributed by atoms with Crippen molar-refractivity contribution in [2.45, 2.75) is 6.92 Å². The van der Waals surface area contributed by atoms with Crippen molar-refractivity contribution in [1.29, 1.82) is 0 Å². The molecule has 0 saturated carbocycles. The van der Waals surface area contributed by atoms with Crippen molar-refractivity contribution < 1.29 is 19.1 Å². The minimum atomic E-state index is -0.467. The number of aromatic nitrogens is 1.